The van der Waals surface area contributed by atoms with Crippen molar-refractivity contribution in [2.75, 3.05) is 18.0 Å². The van der Waals surface area contributed by atoms with Gasteiger partial charge in [-0.05, 0) is 12.1 Å². The molecule has 6 heteroatoms. The molecule has 1 saturated heterocycles. The summed E-state index contributed by atoms with van der Waals surface area (Å²) in [6, 6.07) is 2.86. The van der Waals surface area contributed by atoms with Crippen molar-refractivity contribution >= 4 is 17.5 Å². The summed E-state index contributed by atoms with van der Waals surface area (Å²) in [5, 5.41) is 2.34. The fourth-order valence-electron chi connectivity index (χ4n) is 1.51. The summed E-state index contributed by atoms with van der Waals surface area (Å²) in [6.45, 7) is 0.425. The summed E-state index contributed by atoms with van der Waals surface area (Å²) in [5.41, 5.74) is -0.0822. The van der Waals surface area contributed by atoms with Crippen LogP contribution in [0.5, 0.6) is 0 Å². The van der Waals surface area contributed by atoms with E-state index in [-0.39, 0.29) is 18.8 Å². The van der Waals surface area contributed by atoms with E-state index in [9.17, 15) is 18.4 Å². The third-order valence-electron chi connectivity index (χ3n) is 2.26. The number of nitrogens with one attached hydrogen (secondary N) is 1. The zero-order valence-electron chi connectivity index (χ0n) is 8.17. The first kappa shape index (κ1) is 10.5. The second kappa shape index (κ2) is 3.88. The molecule has 0 saturated carbocycles. The van der Waals surface area contributed by atoms with E-state index in [0.29, 0.717) is 6.07 Å². The van der Waals surface area contributed by atoms with Crippen molar-refractivity contribution in [2.24, 2.45) is 0 Å². The largest absolute Gasteiger partial charge is 0.346 e. The molecule has 1 aromatic rings. The van der Waals surface area contributed by atoms with Crippen LogP contribution in [0.4, 0.5) is 14.5 Å². The van der Waals surface area contributed by atoms with E-state index >= 15 is 0 Å². The molecule has 0 aromatic heterocycles. The lowest BCUT2D eigenvalue weighted by atomic mass is 10.2. The first-order chi connectivity index (χ1) is 7.59. The Morgan fingerprint density at radius 3 is 2.69 bits per heavy atom. The highest BCUT2D eigenvalue weighted by molar-refractivity contribution is 6.41. The summed E-state index contributed by atoms with van der Waals surface area (Å²) in [5.74, 6) is -3.20. The Labute approximate surface area is 89.8 Å². The summed E-state index contributed by atoms with van der Waals surface area (Å²) >= 11 is 0. The summed E-state index contributed by atoms with van der Waals surface area (Å²) in [7, 11) is 0. The Balaban J connectivity index is 2.36. The van der Waals surface area contributed by atoms with Crippen molar-refractivity contribution in [1.82, 2.24) is 5.32 Å². The maximum atomic E-state index is 13.4. The number of amides is 2. The minimum atomic E-state index is -0.858. The number of hydrogen-bond donors (Lipinski definition) is 1. The van der Waals surface area contributed by atoms with Gasteiger partial charge in [0.15, 0.2) is 0 Å². The van der Waals surface area contributed by atoms with Crippen molar-refractivity contribution < 1.29 is 18.4 Å². The van der Waals surface area contributed by atoms with E-state index in [4.69, 9.17) is 0 Å². The smallest absolute Gasteiger partial charge is 0.316 e. The normalized spacial score (nSPS) is 16.2. The third-order valence-corrected chi connectivity index (χ3v) is 2.26. The molecule has 2 rings (SSSR count). The van der Waals surface area contributed by atoms with E-state index in [1.807, 2.05) is 0 Å². The summed E-state index contributed by atoms with van der Waals surface area (Å²) in [4.78, 5) is 23.5. The Morgan fingerprint density at radius 2 is 2.00 bits per heavy atom. The van der Waals surface area contributed by atoms with Crippen molar-refractivity contribution in [1.29, 1.82) is 0 Å². The average Bonchev–Trinajstić information content (AvgIpc) is 2.23. The monoisotopic (exact) mass is 226 g/mol. The Kier molecular flexibility index (Phi) is 2.55. The number of carbonyl (C=O) groups excluding carboxylic acids is 2. The number of piperazine rings is 1. The van der Waals surface area contributed by atoms with Crippen molar-refractivity contribution in [3.8, 4) is 0 Å². The zero-order chi connectivity index (χ0) is 11.7. The van der Waals surface area contributed by atoms with E-state index in [1.165, 1.54) is 0 Å². The molecule has 0 atom stereocenters. The first-order valence-electron chi connectivity index (χ1n) is 4.64. The highest BCUT2D eigenvalue weighted by atomic mass is 19.1. The fraction of sp³-hybridized carbons (Fsp3) is 0.200. The van der Waals surface area contributed by atoms with Crippen LogP contribution < -0.4 is 10.2 Å². The lowest BCUT2D eigenvalue weighted by Gasteiger charge is -2.26. The van der Waals surface area contributed by atoms with Crippen LogP contribution in [-0.2, 0) is 9.59 Å². The molecule has 1 aliphatic heterocycles. The SMILES string of the molecule is O=C1NCCN(c2ccc(F)cc2F)C1=O. The quantitative estimate of drug-likeness (QED) is 0.706. The number of rotatable bonds is 1. The van der Waals surface area contributed by atoms with Crippen molar-refractivity contribution in [3.63, 3.8) is 0 Å². The number of carbonyl (C=O) groups is 2. The second-order valence-electron chi connectivity index (χ2n) is 3.31. The van der Waals surface area contributed by atoms with E-state index < -0.39 is 23.4 Å². The first-order valence-corrected chi connectivity index (χ1v) is 4.64. The van der Waals surface area contributed by atoms with Crippen LogP contribution in [-0.4, -0.2) is 24.9 Å². The Bertz CT molecular complexity index is 462. The highest BCUT2D eigenvalue weighted by Crippen LogP contribution is 2.20. The van der Waals surface area contributed by atoms with Gasteiger partial charge >= 0.3 is 11.8 Å². The number of anilines is 1. The summed E-state index contributed by atoms with van der Waals surface area (Å²) in [6.07, 6.45) is 0. The summed E-state index contributed by atoms with van der Waals surface area (Å²) < 4.78 is 26.0. The number of hydrogen-bond acceptors (Lipinski definition) is 2. The van der Waals surface area contributed by atoms with Gasteiger partial charge in [0.1, 0.15) is 11.6 Å². The van der Waals surface area contributed by atoms with Crippen LogP contribution in [0, 0.1) is 11.6 Å². The van der Waals surface area contributed by atoms with Gasteiger partial charge in [-0.1, -0.05) is 0 Å². The van der Waals surface area contributed by atoms with Crippen LogP contribution in [0.25, 0.3) is 0 Å². The lowest BCUT2D eigenvalue weighted by molar-refractivity contribution is -0.138. The minimum absolute atomic E-state index is 0.0822. The molecule has 0 radical (unpaired) electrons. The molecule has 0 aliphatic carbocycles. The number of benzene rings is 1. The molecule has 0 bridgehead atoms. The van der Waals surface area contributed by atoms with Gasteiger partial charge in [0.2, 0.25) is 0 Å². The molecule has 0 unspecified atom stereocenters. The van der Waals surface area contributed by atoms with Gasteiger partial charge < -0.3 is 5.32 Å². The predicted octanol–water partition coefficient (Wildman–Crippen LogP) is 0.428. The molecule has 1 fully saturated rings. The zero-order valence-corrected chi connectivity index (χ0v) is 8.17. The van der Waals surface area contributed by atoms with Crippen LogP contribution >= 0.6 is 0 Å². The van der Waals surface area contributed by atoms with Crippen LogP contribution in [0.2, 0.25) is 0 Å². The number of halogens is 2. The highest BCUT2D eigenvalue weighted by Gasteiger charge is 2.28. The molecular weight excluding hydrogens is 218 g/mol. The van der Waals surface area contributed by atoms with Crippen LogP contribution in [0.3, 0.4) is 0 Å². The van der Waals surface area contributed by atoms with Crippen LogP contribution in [0.1, 0.15) is 0 Å². The average molecular weight is 226 g/mol. The predicted molar refractivity (Wildman–Crippen MR) is 51.7 cm³/mol. The number of nitrogens with zero attached hydrogens (tertiary/aromatic N) is 1. The molecular formula is C10H8F2N2O2. The minimum Gasteiger partial charge on any atom is -0.346 e. The van der Waals surface area contributed by atoms with Gasteiger partial charge in [0.05, 0.1) is 5.69 Å². The van der Waals surface area contributed by atoms with Gasteiger partial charge in [-0.25, -0.2) is 8.78 Å². The molecule has 0 spiro atoms. The van der Waals surface area contributed by atoms with Gasteiger partial charge in [-0.2, -0.15) is 0 Å². The van der Waals surface area contributed by atoms with Crippen molar-refractivity contribution in [2.45, 2.75) is 0 Å². The van der Waals surface area contributed by atoms with E-state index in [0.717, 1.165) is 17.0 Å². The van der Waals surface area contributed by atoms with Gasteiger partial charge in [-0.3, -0.25) is 14.5 Å². The van der Waals surface area contributed by atoms with Gasteiger partial charge in [0, 0.05) is 19.2 Å². The molecule has 1 heterocycles. The molecule has 1 N–H and O–H groups in total. The molecule has 16 heavy (non-hydrogen) atoms. The molecule has 2 amide bonds. The molecule has 84 valence electrons. The lowest BCUT2D eigenvalue weighted by Crippen LogP contribution is -2.52. The third kappa shape index (κ3) is 1.73. The van der Waals surface area contributed by atoms with Gasteiger partial charge in [0.25, 0.3) is 0 Å². The fourth-order valence-corrected chi connectivity index (χ4v) is 1.51. The molecule has 4 nitrogen and oxygen atoms in total. The van der Waals surface area contributed by atoms with E-state index in [2.05, 4.69) is 5.32 Å². The molecule has 1 aromatic carbocycles. The molecule has 1 aliphatic rings. The topological polar surface area (TPSA) is 49.4 Å². The van der Waals surface area contributed by atoms with Gasteiger partial charge in [-0.15, -0.1) is 0 Å². The Morgan fingerprint density at radius 1 is 1.25 bits per heavy atom. The maximum Gasteiger partial charge on any atom is 0.316 e. The Hall–Kier alpha value is -1.98. The second-order valence-corrected chi connectivity index (χ2v) is 3.31. The maximum absolute atomic E-state index is 13.4. The standard InChI is InChI=1S/C10H8F2N2O2/c11-6-1-2-8(7(12)5-6)14-4-3-13-9(15)10(14)16/h1-2,5H,3-4H2,(H,13,15). The van der Waals surface area contributed by atoms with Crippen molar-refractivity contribution in [3.05, 3.63) is 29.8 Å². The van der Waals surface area contributed by atoms with E-state index in [1.54, 1.807) is 0 Å². The van der Waals surface area contributed by atoms with Crippen LogP contribution in [0.15, 0.2) is 18.2 Å².